The lowest BCUT2D eigenvalue weighted by atomic mass is 9.78. The summed E-state index contributed by atoms with van der Waals surface area (Å²) < 4.78 is 5.34. The predicted octanol–water partition coefficient (Wildman–Crippen LogP) is 2.64. The Morgan fingerprint density at radius 3 is 2.53 bits per heavy atom. The predicted molar refractivity (Wildman–Crippen MR) is 71.3 cm³/mol. The maximum absolute atomic E-state index is 5.88. The molecule has 0 spiro atoms. The van der Waals surface area contributed by atoms with Crippen molar-refractivity contribution in [1.82, 2.24) is 0 Å². The zero-order valence-corrected chi connectivity index (χ0v) is 11.1. The Morgan fingerprint density at radius 1 is 1.35 bits per heavy atom. The van der Waals surface area contributed by atoms with E-state index in [0.717, 1.165) is 26.2 Å². The third kappa shape index (κ3) is 2.53. The first-order valence-electron chi connectivity index (χ1n) is 6.43. The molecule has 94 valence electrons. The summed E-state index contributed by atoms with van der Waals surface area (Å²) in [6.07, 6.45) is 1.05. The van der Waals surface area contributed by atoms with Crippen LogP contribution in [-0.4, -0.2) is 19.8 Å². The Balaban J connectivity index is 2.22. The molecule has 1 aliphatic heterocycles. The summed E-state index contributed by atoms with van der Waals surface area (Å²) in [7, 11) is 0. The highest BCUT2D eigenvalue weighted by Gasteiger charge is 2.37. The van der Waals surface area contributed by atoms with E-state index in [1.807, 2.05) is 0 Å². The quantitative estimate of drug-likeness (QED) is 0.867. The van der Waals surface area contributed by atoms with Gasteiger partial charge in [-0.05, 0) is 36.0 Å². The molecule has 0 unspecified atom stereocenters. The molecule has 1 aliphatic rings. The second kappa shape index (κ2) is 4.79. The summed E-state index contributed by atoms with van der Waals surface area (Å²) in [6.45, 7) is 9.00. The van der Waals surface area contributed by atoms with E-state index in [1.165, 1.54) is 16.7 Å². The van der Waals surface area contributed by atoms with Gasteiger partial charge < -0.3 is 10.5 Å². The molecule has 0 saturated carbocycles. The van der Waals surface area contributed by atoms with Crippen molar-refractivity contribution < 1.29 is 4.74 Å². The SMILES string of the molecule is Cc1ccc(C(C)C)cc1CC1(CN)COC1. The van der Waals surface area contributed by atoms with E-state index in [1.54, 1.807) is 0 Å². The highest BCUT2D eigenvalue weighted by atomic mass is 16.5. The largest absolute Gasteiger partial charge is 0.380 e. The van der Waals surface area contributed by atoms with E-state index in [-0.39, 0.29) is 5.41 Å². The van der Waals surface area contributed by atoms with Gasteiger partial charge in [0.1, 0.15) is 0 Å². The van der Waals surface area contributed by atoms with Gasteiger partial charge in [0.25, 0.3) is 0 Å². The monoisotopic (exact) mass is 233 g/mol. The number of aryl methyl sites for hydroxylation is 1. The second-order valence-corrected chi connectivity index (χ2v) is 5.71. The zero-order chi connectivity index (χ0) is 12.5. The molecule has 0 radical (unpaired) electrons. The summed E-state index contributed by atoms with van der Waals surface area (Å²) in [5, 5.41) is 0. The fourth-order valence-corrected chi connectivity index (χ4v) is 2.33. The van der Waals surface area contributed by atoms with Crippen LogP contribution in [0.2, 0.25) is 0 Å². The molecule has 2 N–H and O–H groups in total. The van der Waals surface area contributed by atoms with Crippen molar-refractivity contribution in [2.24, 2.45) is 11.1 Å². The van der Waals surface area contributed by atoms with E-state index in [9.17, 15) is 0 Å². The summed E-state index contributed by atoms with van der Waals surface area (Å²) in [5.74, 6) is 0.584. The third-order valence-corrected chi connectivity index (χ3v) is 3.85. The van der Waals surface area contributed by atoms with Crippen LogP contribution >= 0.6 is 0 Å². The average Bonchev–Trinajstić information content (AvgIpc) is 2.25. The van der Waals surface area contributed by atoms with Crippen LogP contribution in [0.3, 0.4) is 0 Å². The van der Waals surface area contributed by atoms with Gasteiger partial charge in [0.15, 0.2) is 0 Å². The molecule has 2 heteroatoms. The summed E-state index contributed by atoms with van der Waals surface area (Å²) in [4.78, 5) is 0. The van der Waals surface area contributed by atoms with Crippen LogP contribution in [0.1, 0.15) is 36.5 Å². The average molecular weight is 233 g/mol. The molecule has 17 heavy (non-hydrogen) atoms. The molecule has 0 atom stereocenters. The van der Waals surface area contributed by atoms with Crippen LogP contribution in [-0.2, 0) is 11.2 Å². The van der Waals surface area contributed by atoms with Gasteiger partial charge >= 0.3 is 0 Å². The highest BCUT2D eigenvalue weighted by molar-refractivity contribution is 5.33. The van der Waals surface area contributed by atoms with Crippen LogP contribution < -0.4 is 5.73 Å². The molecular formula is C15H23NO. The number of hydrogen-bond donors (Lipinski definition) is 1. The minimum Gasteiger partial charge on any atom is -0.380 e. The van der Waals surface area contributed by atoms with Crippen LogP contribution in [0.5, 0.6) is 0 Å². The molecule has 0 aromatic heterocycles. The van der Waals surface area contributed by atoms with Crippen molar-refractivity contribution in [3.63, 3.8) is 0 Å². The van der Waals surface area contributed by atoms with Gasteiger partial charge in [-0.1, -0.05) is 32.0 Å². The van der Waals surface area contributed by atoms with Crippen molar-refractivity contribution in [3.05, 3.63) is 34.9 Å². The topological polar surface area (TPSA) is 35.2 Å². The first kappa shape index (κ1) is 12.6. The Kier molecular flexibility index (Phi) is 3.55. The van der Waals surface area contributed by atoms with Crippen molar-refractivity contribution in [3.8, 4) is 0 Å². The Morgan fingerprint density at radius 2 is 2.06 bits per heavy atom. The lowest BCUT2D eigenvalue weighted by molar-refractivity contribution is -0.106. The number of hydrogen-bond acceptors (Lipinski definition) is 2. The fraction of sp³-hybridized carbons (Fsp3) is 0.600. The third-order valence-electron chi connectivity index (χ3n) is 3.85. The molecule has 2 nitrogen and oxygen atoms in total. The van der Waals surface area contributed by atoms with Gasteiger partial charge in [0, 0.05) is 12.0 Å². The molecule has 1 saturated heterocycles. The van der Waals surface area contributed by atoms with Gasteiger partial charge in [-0.3, -0.25) is 0 Å². The summed E-state index contributed by atoms with van der Waals surface area (Å²) in [6, 6.07) is 6.81. The van der Waals surface area contributed by atoms with E-state index in [4.69, 9.17) is 10.5 Å². The van der Waals surface area contributed by atoms with Gasteiger partial charge in [-0.15, -0.1) is 0 Å². The van der Waals surface area contributed by atoms with E-state index >= 15 is 0 Å². The summed E-state index contributed by atoms with van der Waals surface area (Å²) in [5.41, 5.74) is 10.3. The normalized spacial score (nSPS) is 18.2. The molecule has 0 aliphatic carbocycles. The molecule has 0 bridgehead atoms. The van der Waals surface area contributed by atoms with Crippen molar-refractivity contribution >= 4 is 0 Å². The van der Waals surface area contributed by atoms with Gasteiger partial charge in [-0.2, -0.15) is 0 Å². The smallest absolute Gasteiger partial charge is 0.0560 e. The molecule has 1 aromatic rings. The number of benzene rings is 1. The minimum absolute atomic E-state index is 0.195. The van der Waals surface area contributed by atoms with E-state index in [0.29, 0.717) is 5.92 Å². The lowest BCUT2D eigenvalue weighted by Crippen LogP contribution is -2.49. The van der Waals surface area contributed by atoms with Gasteiger partial charge in [0.2, 0.25) is 0 Å². The second-order valence-electron chi connectivity index (χ2n) is 5.71. The van der Waals surface area contributed by atoms with Crippen LogP contribution in [0.15, 0.2) is 18.2 Å². The van der Waals surface area contributed by atoms with Gasteiger partial charge in [0.05, 0.1) is 13.2 Å². The Labute approximate surface area is 104 Å². The fourth-order valence-electron chi connectivity index (χ4n) is 2.33. The molecule has 0 amide bonds. The van der Waals surface area contributed by atoms with Crippen molar-refractivity contribution in [1.29, 1.82) is 0 Å². The lowest BCUT2D eigenvalue weighted by Gasteiger charge is -2.41. The highest BCUT2D eigenvalue weighted by Crippen LogP contribution is 2.32. The Hall–Kier alpha value is -0.860. The minimum atomic E-state index is 0.195. The molecule has 1 fully saturated rings. The van der Waals surface area contributed by atoms with Gasteiger partial charge in [-0.25, -0.2) is 0 Å². The van der Waals surface area contributed by atoms with E-state index in [2.05, 4.69) is 39.0 Å². The summed E-state index contributed by atoms with van der Waals surface area (Å²) >= 11 is 0. The molecule has 1 aromatic carbocycles. The first-order chi connectivity index (χ1) is 8.06. The van der Waals surface area contributed by atoms with Crippen LogP contribution in [0.25, 0.3) is 0 Å². The zero-order valence-electron chi connectivity index (χ0n) is 11.1. The number of ether oxygens (including phenoxy) is 1. The number of rotatable bonds is 4. The van der Waals surface area contributed by atoms with E-state index < -0.39 is 0 Å². The van der Waals surface area contributed by atoms with Crippen molar-refractivity contribution in [2.75, 3.05) is 19.8 Å². The molecule has 2 rings (SSSR count). The molecule has 1 heterocycles. The maximum atomic E-state index is 5.88. The van der Waals surface area contributed by atoms with Crippen molar-refractivity contribution in [2.45, 2.75) is 33.1 Å². The number of nitrogens with two attached hydrogens (primary N) is 1. The van der Waals surface area contributed by atoms with Crippen LogP contribution in [0, 0.1) is 12.3 Å². The first-order valence-corrected chi connectivity index (χ1v) is 6.43. The molecular weight excluding hydrogens is 210 g/mol. The standard InChI is InChI=1S/C15H23NO/c1-11(2)13-5-4-12(3)14(6-13)7-15(8-16)9-17-10-15/h4-6,11H,7-10,16H2,1-3H3. The Bertz CT molecular complexity index is 388. The van der Waals surface area contributed by atoms with Crippen LogP contribution in [0.4, 0.5) is 0 Å². The maximum Gasteiger partial charge on any atom is 0.0560 e.